The van der Waals surface area contributed by atoms with E-state index in [0.29, 0.717) is 22.6 Å². The first-order valence-electron chi connectivity index (χ1n) is 11.0. The average molecular weight is 439 g/mol. The van der Waals surface area contributed by atoms with Gasteiger partial charge < -0.3 is 4.74 Å². The van der Waals surface area contributed by atoms with Crippen molar-refractivity contribution in [2.45, 2.75) is 19.3 Å². The third-order valence-corrected chi connectivity index (χ3v) is 6.21. The Morgan fingerprint density at radius 3 is 2.52 bits per heavy atom. The van der Waals surface area contributed by atoms with Crippen LogP contribution in [0.2, 0.25) is 0 Å². The number of carbonyl (C=O) groups excluding carboxylic acids is 1. The number of halogens is 1. The van der Waals surface area contributed by atoms with Crippen LogP contribution in [0.15, 0.2) is 85.5 Å². The number of para-hydroxylation sites is 1. The Labute approximate surface area is 191 Å². The second-order valence-electron chi connectivity index (χ2n) is 8.18. The lowest BCUT2D eigenvalue weighted by atomic mass is 9.73. The number of aromatic amines is 1. The molecule has 1 aliphatic rings. The molecule has 33 heavy (non-hydrogen) atoms. The zero-order valence-corrected chi connectivity index (χ0v) is 18.1. The van der Waals surface area contributed by atoms with Crippen LogP contribution >= 0.6 is 0 Å². The highest BCUT2D eigenvalue weighted by molar-refractivity contribution is 6.03. The molecule has 0 amide bonds. The molecule has 164 valence electrons. The Bertz CT molecular complexity index is 1370. The number of carbonyl (C=O) groups is 1. The molecule has 5 heteroatoms. The van der Waals surface area contributed by atoms with E-state index in [1.165, 1.54) is 5.57 Å². The van der Waals surface area contributed by atoms with E-state index >= 15 is 0 Å². The number of rotatable bonds is 6. The van der Waals surface area contributed by atoms with E-state index in [0.717, 1.165) is 47.6 Å². The van der Waals surface area contributed by atoms with Crippen molar-refractivity contribution in [2.24, 2.45) is 5.92 Å². The number of nitrogens with one attached hydrogen (secondary N) is 1. The van der Waals surface area contributed by atoms with Crippen LogP contribution in [0.1, 0.15) is 36.0 Å². The van der Waals surface area contributed by atoms with Gasteiger partial charge in [0.2, 0.25) is 5.95 Å². The van der Waals surface area contributed by atoms with Gasteiger partial charge in [-0.15, -0.1) is 5.10 Å². The first-order valence-corrected chi connectivity index (χ1v) is 11.0. The number of hydrogen-bond donors (Lipinski definition) is 1. The fraction of sp³-hybridized carbons (Fsp3) is 0.143. The van der Waals surface area contributed by atoms with Gasteiger partial charge in [0.1, 0.15) is 5.75 Å². The SMILES string of the molecule is C=CC(=O)Oc1ccccc1/C(=C(/c1ccccc1)C1CCC1)c1ccc2[nH]nc(F)c2c1. The summed E-state index contributed by atoms with van der Waals surface area (Å²) in [6.45, 7) is 3.52. The molecule has 4 nitrogen and oxygen atoms in total. The summed E-state index contributed by atoms with van der Waals surface area (Å²) in [5.74, 6) is -0.265. The van der Waals surface area contributed by atoms with Gasteiger partial charge in [-0.2, -0.15) is 4.39 Å². The van der Waals surface area contributed by atoms with Crippen LogP contribution in [0.3, 0.4) is 0 Å². The summed E-state index contributed by atoms with van der Waals surface area (Å²) in [4.78, 5) is 12.1. The molecule has 1 saturated carbocycles. The summed E-state index contributed by atoms with van der Waals surface area (Å²) in [7, 11) is 0. The van der Waals surface area contributed by atoms with Gasteiger partial charge in [-0.05, 0) is 59.2 Å². The third-order valence-electron chi connectivity index (χ3n) is 6.21. The first kappa shape index (κ1) is 20.9. The number of fused-ring (bicyclic) bond motifs is 1. The van der Waals surface area contributed by atoms with Crippen LogP contribution in [0.25, 0.3) is 22.0 Å². The normalized spacial score (nSPS) is 14.5. The van der Waals surface area contributed by atoms with E-state index in [2.05, 4.69) is 28.9 Å². The Hall–Kier alpha value is -3.99. The molecule has 4 aromatic rings. The number of aromatic nitrogens is 2. The molecule has 3 aromatic carbocycles. The topological polar surface area (TPSA) is 55.0 Å². The Kier molecular flexibility index (Phi) is 5.61. The van der Waals surface area contributed by atoms with Gasteiger partial charge in [0, 0.05) is 11.6 Å². The van der Waals surface area contributed by atoms with Crippen LogP contribution in [0.5, 0.6) is 5.75 Å². The molecule has 0 unspecified atom stereocenters. The summed E-state index contributed by atoms with van der Waals surface area (Å²) in [6, 6.07) is 23.3. The van der Waals surface area contributed by atoms with E-state index in [1.807, 2.05) is 54.6 Å². The number of hydrogen-bond acceptors (Lipinski definition) is 3. The smallest absolute Gasteiger partial charge is 0.335 e. The third kappa shape index (κ3) is 3.98. The molecule has 1 fully saturated rings. The van der Waals surface area contributed by atoms with Gasteiger partial charge in [0.05, 0.1) is 10.9 Å². The Morgan fingerprint density at radius 2 is 1.79 bits per heavy atom. The highest BCUT2D eigenvalue weighted by Crippen LogP contribution is 2.46. The van der Waals surface area contributed by atoms with Crippen molar-refractivity contribution in [1.29, 1.82) is 0 Å². The average Bonchev–Trinajstić information content (AvgIpc) is 3.19. The second kappa shape index (κ2) is 8.87. The molecule has 0 spiro atoms. The highest BCUT2D eigenvalue weighted by atomic mass is 19.1. The number of benzene rings is 3. The minimum absolute atomic E-state index is 0.357. The maximum Gasteiger partial charge on any atom is 0.335 e. The molecule has 0 aliphatic heterocycles. The first-order chi connectivity index (χ1) is 16.2. The predicted molar refractivity (Wildman–Crippen MR) is 128 cm³/mol. The summed E-state index contributed by atoms with van der Waals surface area (Å²) in [5, 5.41) is 6.86. The van der Waals surface area contributed by atoms with E-state index in [4.69, 9.17) is 4.74 Å². The summed E-state index contributed by atoms with van der Waals surface area (Å²) >= 11 is 0. The predicted octanol–water partition coefficient (Wildman–Crippen LogP) is 6.55. The molecular weight excluding hydrogens is 415 g/mol. The fourth-order valence-electron chi connectivity index (χ4n) is 4.40. The standard InChI is InChI=1S/C28H23FN2O2/c1-2-25(32)33-24-14-7-6-13-21(24)27(20-15-16-23-22(17-20)28(29)31-30-23)26(19-11-8-12-19)18-9-4-3-5-10-18/h2-7,9-10,13-17,19H,1,8,11-12H2,(H,30,31)/b27-26-. The van der Waals surface area contributed by atoms with E-state index in [9.17, 15) is 9.18 Å². The monoisotopic (exact) mass is 438 g/mol. The number of ether oxygens (including phenoxy) is 1. The van der Waals surface area contributed by atoms with Crippen LogP contribution in [0.4, 0.5) is 4.39 Å². The van der Waals surface area contributed by atoms with Crippen molar-refractivity contribution in [3.05, 3.63) is 108 Å². The molecule has 0 bridgehead atoms. The lowest BCUT2D eigenvalue weighted by Gasteiger charge is -2.32. The lowest BCUT2D eigenvalue weighted by Crippen LogP contribution is -2.15. The quantitative estimate of drug-likeness (QED) is 0.161. The lowest BCUT2D eigenvalue weighted by molar-refractivity contribution is -0.128. The molecule has 0 radical (unpaired) electrons. The van der Waals surface area contributed by atoms with Crippen LogP contribution in [-0.2, 0) is 4.79 Å². The van der Waals surface area contributed by atoms with Gasteiger partial charge in [-0.25, -0.2) is 4.79 Å². The van der Waals surface area contributed by atoms with E-state index in [-0.39, 0.29) is 0 Å². The minimum atomic E-state index is -0.539. The number of esters is 1. The van der Waals surface area contributed by atoms with Crippen LogP contribution in [0, 0.1) is 11.9 Å². The maximum atomic E-state index is 14.4. The fourth-order valence-corrected chi connectivity index (χ4v) is 4.40. The second-order valence-corrected chi connectivity index (χ2v) is 8.18. The van der Waals surface area contributed by atoms with E-state index in [1.54, 1.807) is 6.07 Å². The molecule has 1 N–H and O–H groups in total. The minimum Gasteiger partial charge on any atom is -0.423 e. The molecule has 1 aliphatic carbocycles. The van der Waals surface area contributed by atoms with Gasteiger partial charge in [-0.1, -0.05) is 67.6 Å². The van der Waals surface area contributed by atoms with Crippen molar-refractivity contribution >= 4 is 28.0 Å². The van der Waals surface area contributed by atoms with E-state index < -0.39 is 11.9 Å². The molecular formula is C28H23FN2O2. The van der Waals surface area contributed by atoms with Gasteiger partial charge in [0.15, 0.2) is 0 Å². The summed E-state index contributed by atoms with van der Waals surface area (Å²) < 4.78 is 20.0. The highest BCUT2D eigenvalue weighted by Gasteiger charge is 2.28. The van der Waals surface area contributed by atoms with Gasteiger partial charge in [0.25, 0.3) is 0 Å². The Balaban J connectivity index is 1.82. The molecule has 0 saturated heterocycles. The number of nitrogens with zero attached hydrogens (tertiary/aromatic N) is 1. The van der Waals surface area contributed by atoms with Crippen LogP contribution in [-0.4, -0.2) is 16.2 Å². The molecule has 0 atom stereocenters. The molecule has 5 rings (SSSR count). The maximum absolute atomic E-state index is 14.4. The number of H-pyrrole nitrogens is 1. The van der Waals surface area contributed by atoms with Gasteiger partial charge >= 0.3 is 5.97 Å². The van der Waals surface area contributed by atoms with Crippen molar-refractivity contribution < 1.29 is 13.9 Å². The van der Waals surface area contributed by atoms with Crippen molar-refractivity contribution in [1.82, 2.24) is 10.2 Å². The zero-order chi connectivity index (χ0) is 22.8. The van der Waals surface area contributed by atoms with Gasteiger partial charge in [-0.3, -0.25) is 5.10 Å². The van der Waals surface area contributed by atoms with Crippen LogP contribution < -0.4 is 4.74 Å². The zero-order valence-electron chi connectivity index (χ0n) is 18.1. The summed E-state index contributed by atoms with van der Waals surface area (Å²) in [6.07, 6.45) is 4.46. The van der Waals surface area contributed by atoms with Crippen molar-refractivity contribution in [3.63, 3.8) is 0 Å². The molecule has 1 heterocycles. The number of allylic oxidation sites excluding steroid dienone is 1. The largest absolute Gasteiger partial charge is 0.423 e. The van der Waals surface area contributed by atoms with Crippen molar-refractivity contribution in [2.75, 3.05) is 0 Å². The molecule has 1 aromatic heterocycles. The Morgan fingerprint density at radius 1 is 1.03 bits per heavy atom. The van der Waals surface area contributed by atoms with Crippen molar-refractivity contribution in [3.8, 4) is 5.75 Å². The summed E-state index contributed by atoms with van der Waals surface area (Å²) in [5.41, 5.74) is 5.46.